The van der Waals surface area contributed by atoms with E-state index in [1.807, 2.05) is 0 Å². The third kappa shape index (κ3) is 4.11. The van der Waals surface area contributed by atoms with Gasteiger partial charge in [0.25, 0.3) is 11.4 Å². The molecular weight excluding hydrogens is 294 g/mol. The normalized spacial score (nSPS) is 10.7. The Morgan fingerprint density at radius 3 is 1.81 bits per heavy atom. The molecule has 21 heavy (non-hydrogen) atoms. The second-order valence-corrected chi connectivity index (χ2v) is 4.79. The van der Waals surface area contributed by atoms with Crippen LogP contribution in [0.2, 0.25) is 0 Å². The molecule has 0 radical (unpaired) electrons. The van der Waals surface area contributed by atoms with Gasteiger partial charge in [0.05, 0.1) is 9.85 Å². The maximum absolute atomic E-state index is 10.5. The van der Waals surface area contributed by atoms with Gasteiger partial charge in [0.15, 0.2) is 0 Å². The summed E-state index contributed by atoms with van der Waals surface area (Å²) in [7, 11) is 0. The Kier molecular flexibility index (Phi) is 4.62. The highest BCUT2D eigenvalue weighted by atomic mass is 32.2. The average Bonchev–Trinajstić information content (AvgIpc) is 2.48. The van der Waals surface area contributed by atoms with Crippen LogP contribution in [0, 0.1) is 20.2 Å². The molecule has 8 heteroatoms. The second-order valence-electron chi connectivity index (χ2n) is 3.93. The van der Waals surface area contributed by atoms with E-state index in [0.29, 0.717) is 0 Å². The number of nitro benzene ring substituents is 2. The number of hydrogen-bond acceptors (Lipinski definition) is 6. The number of benzene rings is 2. The number of nitro groups is 2. The van der Waals surface area contributed by atoms with Crippen LogP contribution in [0.4, 0.5) is 11.4 Å². The molecule has 0 aliphatic carbocycles. The smallest absolute Gasteiger partial charge is 0.258 e. The minimum absolute atomic E-state index is 0.0233. The lowest BCUT2D eigenvalue weighted by atomic mass is 10.2. The first-order chi connectivity index (χ1) is 10.1. The van der Waals surface area contributed by atoms with E-state index >= 15 is 0 Å². The molecule has 2 rings (SSSR count). The van der Waals surface area contributed by atoms with E-state index in [1.54, 1.807) is 30.5 Å². The van der Waals surface area contributed by atoms with E-state index in [9.17, 15) is 20.2 Å². The number of hydrogen-bond donors (Lipinski definition) is 0. The summed E-state index contributed by atoms with van der Waals surface area (Å²) in [6.07, 6.45) is 1.57. The standard InChI is InChI=1S/C13H9N3O4S/c17-15(18)11-3-1-10(2-4-11)9-14-21-13-7-5-12(6-8-13)16(19)20/h1-9H. The van der Waals surface area contributed by atoms with E-state index in [4.69, 9.17) is 0 Å². The Labute approximate surface area is 123 Å². The maximum atomic E-state index is 10.5. The fourth-order valence-electron chi connectivity index (χ4n) is 1.46. The lowest BCUT2D eigenvalue weighted by molar-refractivity contribution is -0.385. The fraction of sp³-hybridized carbons (Fsp3) is 0. The van der Waals surface area contributed by atoms with Crippen molar-refractivity contribution in [2.45, 2.75) is 4.90 Å². The lowest BCUT2D eigenvalue weighted by Gasteiger charge is -1.96. The molecule has 7 nitrogen and oxygen atoms in total. The molecule has 0 aliphatic heterocycles. The molecule has 0 heterocycles. The molecule has 0 aliphatic rings. The van der Waals surface area contributed by atoms with Gasteiger partial charge in [-0.1, -0.05) is 0 Å². The number of non-ortho nitro benzene ring substituents is 2. The Morgan fingerprint density at radius 2 is 1.33 bits per heavy atom. The van der Waals surface area contributed by atoms with Crippen molar-refractivity contribution in [1.82, 2.24) is 0 Å². The summed E-state index contributed by atoms with van der Waals surface area (Å²) in [6.45, 7) is 0. The topological polar surface area (TPSA) is 98.6 Å². The zero-order valence-corrected chi connectivity index (χ0v) is 11.4. The summed E-state index contributed by atoms with van der Waals surface area (Å²) < 4.78 is 4.11. The van der Waals surface area contributed by atoms with Crippen molar-refractivity contribution < 1.29 is 9.85 Å². The van der Waals surface area contributed by atoms with Crippen molar-refractivity contribution >= 4 is 29.5 Å². The average molecular weight is 303 g/mol. The van der Waals surface area contributed by atoms with Gasteiger partial charge in [-0.25, -0.2) is 4.40 Å². The molecule has 0 saturated carbocycles. The van der Waals surface area contributed by atoms with Crippen molar-refractivity contribution in [2.24, 2.45) is 4.40 Å². The van der Waals surface area contributed by atoms with Gasteiger partial charge in [0.1, 0.15) is 0 Å². The summed E-state index contributed by atoms with van der Waals surface area (Å²) in [5.41, 5.74) is 0.781. The third-order valence-electron chi connectivity index (χ3n) is 2.51. The molecule has 0 spiro atoms. The molecule has 2 aromatic rings. The molecule has 0 fully saturated rings. The quantitative estimate of drug-likeness (QED) is 0.363. The summed E-state index contributed by atoms with van der Waals surface area (Å²) >= 11 is 1.16. The first-order valence-corrected chi connectivity index (χ1v) is 6.53. The molecule has 0 aromatic heterocycles. The van der Waals surface area contributed by atoms with Gasteiger partial charge < -0.3 is 0 Å². The molecule has 2 aromatic carbocycles. The largest absolute Gasteiger partial charge is 0.269 e. The number of nitrogens with zero attached hydrogens (tertiary/aromatic N) is 3. The van der Waals surface area contributed by atoms with Gasteiger partial charge in [-0.15, -0.1) is 0 Å². The van der Waals surface area contributed by atoms with Crippen LogP contribution in [0.1, 0.15) is 5.56 Å². The molecular formula is C13H9N3O4S. The highest BCUT2D eigenvalue weighted by molar-refractivity contribution is 7.98. The first kappa shape index (κ1) is 14.7. The highest BCUT2D eigenvalue weighted by Crippen LogP contribution is 2.22. The van der Waals surface area contributed by atoms with Crippen LogP contribution in [-0.2, 0) is 0 Å². The molecule has 0 atom stereocenters. The summed E-state index contributed by atoms with van der Waals surface area (Å²) in [4.78, 5) is 20.8. The maximum Gasteiger partial charge on any atom is 0.269 e. The van der Waals surface area contributed by atoms with Crippen LogP contribution < -0.4 is 0 Å². The van der Waals surface area contributed by atoms with Gasteiger partial charge in [0, 0.05) is 47.3 Å². The van der Waals surface area contributed by atoms with Gasteiger partial charge in [-0.05, 0) is 29.8 Å². The Balaban J connectivity index is 1.98. The van der Waals surface area contributed by atoms with E-state index in [2.05, 4.69) is 4.40 Å². The van der Waals surface area contributed by atoms with Crippen molar-refractivity contribution in [3.63, 3.8) is 0 Å². The van der Waals surface area contributed by atoms with Crippen molar-refractivity contribution in [2.75, 3.05) is 0 Å². The third-order valence-corrected chi connectivity index (χ3v) is 3.21. The van der Waals surface area contributed by atoms with E-state index in [1.165, 1.54) is 24.3 Å². The second kappa shape index (κ2) is 6.62. The Bertz CT molecular complexity index is 684. The van der Waals surface area contributed by atoms with Gasteiger partial charge in [-0.2, -0.15) is 0 Å². The summed E-state index contributed by atoms with van der Waals surface area (Å²) in [5.74, 6) is 0. The van der Waals surface area contributed by atoms with E-state index in [0.717, 1.165) is 22.4 Å². The fourth-order valence-corrected chi connectivity index (χ4v) is 2.01. The minimum atomic E-state index is -0.466. The van der Waals surface area contributed by atoms with Crippen LogP contribution >= 0.6 is 11.9 Å². The van der Waals surface area contributed by atoms with Crippen LogP contribution in [0.15, 0.2) is 57.8 Å². The van der Waals surface area contributed by atoms with Crippen molar-refractivity contribution in [1.29, 1.82) is 0 Å². The highest BCUT2D eigenvalue weighted by Gasteiger charge is 2.04. The molecule has 0 saturated heterocycles. The van der Waals surface area contributed by atoms with Gasteiger partial charge in [0.2, 0.25) is 0 Å². The molecule has 0 N–H and O–H groups in total. The van der Waals surface area contributed by atoms with E-state index < -0.39 is 9.85 Å². The van der Waals surface area contributed by atoms with Crippen LogP contribution in [0.25, 0.3) is 0 Å². The van der Waals surface area contributed by atoms with Crippen LogP contribution in [-0.4, -0.2) is 16.1 Å². The molecule has 0 amide bonds. The monoisotopic (exact) mass is 303 g/mol. The van der Waals surface area contributed by atoms with Gasteiger partial charge in [-0.3, -0.25) is 20.2 Å². The minimum Gasteiger partial charge on any atom is -0.258 e. The number of rotatable bonds is 5. The summed E-state index contributed by atoms with van der Waals surface area (Å²) in [6, 6.07) is 12.0. The predicted octanol–water partition coefficient (Wildman–Crippen LogP) is 3.63. The zero-order valence-electron chi connectivity index (χ0n) is 10.6. The van der Waals surface area contributed by atoms with E-state index in [-0.39, 0.29) is 11.4 Å². The Hall–Kier alpha value is -2.74. The van der Waals surface area contributed by atoms with Crippen LogP contribution in [0.3, 0.4) is 0 Å². The van der Waals surface area contributed by atoms with Gasteiger partial charge >= 0.3 is 0 Å². The predicted molar refractivity (Wildman–Crippen MR) is 79.6 cm³/mol. The van der Waals surface area contributed by atoms with Crippen molar-refractivity contribution in [3.05, 3.63) is 74.3 Å². The summed E-state index contributed by atoms with van der Waals surface area (Å²) in [5, 5.41) is 21.0. The molecule has 106 valence electrons. The molecule has 0 bridgehead atoms. The first-order valence-electron chi connectivity index (χ1n) is 5.75. The Morgan fingerprint density at radius 1 is 0.857 bits per heavy atom. The lowest BCUT2D eigenvalue weighted by Crippen LogP contribution is -1.88. The van der Waals surface area contributed by atoms with Crippen molar-refractivity contribution in [3.8, 4) is 0 Å². The SMILES string of the molecule is O=[N+]([O-])c1ccc(C=NSc2ccc([N+](=O)[O-])cc2)cc1. The zero-order chi connectivity index (χ0) is 15.2. The molecule has 0 unspecified atom stereocenters. The van der Waals surface area contributed by atoms with Crippen LogP contribution in [0.5, 0.6) is 0 Å².